The summed E-state index contributed by atoms with van der Waals surface area (Å²) in [4.78, 5) is 26.2. The number of amides is 3. The molecular weight excluding hydrogens is 414 g/mol. The smallest absolute Gasteiger partial charge is 0.338 e. The summed E-state index contributed by atoms with van der Waals surface area (Å²) in [6, 6.07) is 23.4. The van der Waals surface area contributed by atoms with E-state index >= 15 is 0 Å². The lowest BCUT2D eigenvalue weighted by Gasteiger charge is -2.18. The molecule has 0 heterocycles. The van der Waals surface area contributed by atoms with Gasteiger partial charge in [-0.25, -0.2) is 10.2 Å². The van der Waals surface area contributed by atoms with Crippen molar-refractivity contribution in [2.24, 2.45) is 0 Å². The monoisotopic (exact) mass is 437 g/mol. The van der Waals surface area contributed by atoms with Crippen LogP contribution < -0.4 is 25.6 Å². The third-order valence-corrected chi connectivity index (χ3v) is 5.56. The van der Waals surface area contributed by atoms with E-state index in [9.17, 15) is 9.59 Å². The number of carbonyl (C=O) groups excluding carboxylic acids is 2. The van der Waals surface area contributed by atoms with Gasteiger partial charge in [-0.2, -0.15) is 0 Å². The lowest BCUT2D eigenvalue weighted by Crippen LogP contribution is -2.45. The highest BCUT2D eigenvalue weighted by atomic mass is 32.2. The van der Waals surface area contributed by atoms with Gasteiger partial charge in [-0.1, -0.05) is 48.5 Å². The van der Waals surface area contributed by atoms with E-state index < -0.39 is 11.3 Å². The van der Waals surface area contributed by atoms with Gasteiger partial charge in [-0.3, -0.25) is 10.2 Å². The summed E-state index contributed by atoms with van der Waals surface area (Å²) in [5, 5.41) is 2.10. The Morgan fingerprint density at radius 2 is 1.52 bits per heavy atom. The molecule has 160 valence electrons. The molecule has 3 rings (SSSR count). The Bertz CT molecular complexity index is 1020. The summed E-state index contributed by atoms with van der Waals surface area (Å²) in [6.45, 7) is 0. The molecule has 0 spiro atoms. The first-order valence-electron chi connectivity index (χ1n) is 9.46. The molecule has 31 heavy (non-hydrogen) atoms. The van der Waals surface area contributed by atoms with Crippen LogP contribution in [0.2, 0.25) is 0 Å². The van der Waals surface area contributed by atoms with Crippen LogP contribution in [-0.4, -0.2) is 26.2 Å². The van der Waals surface area contributed by atoms with Crippen molar-refractivity contribution in [1.29, 1.82) is 0 Å². The van der Waals surface area contributed by atoms with Crippen LogP contribution in [0.3, 0.4) is 0 Å². The molecule has 3 aromatic rings. The molecule has 0 fully saturated rings. The molecule has 0 saturated heterocycles. The second-order valence-corrected chi connectivity index (χ2v) is 7.53. The van der Waals surface area contributed by atoms with Crippen LogP contribution in [0.25, 0.3) is 0 Å². The Morgan fingerprint density at radius 3 is 2.16 bits per heavy atom. The van der Waals surface area contributed by atoms with E-state index in [0.717, 1.165) is 10.5 Å². The molecule has 3 aromatic carbocycles. The molecule has 0 radical (unpaired) electrons. The van der Waals surface area contributed by atoms with Crippen LogP contribution in [0, 0.1) is 0 Å². The second kappa shape index (κ2) is 10.9. The average Bonchev–Trinajstić information content (AvgIpc) is 2.82. The zero-order chi connectivity index (χ0) is 22.1. The van der Waals surface area contributed by atoms with Crippen molar-refractivity contribution < 1.29 is 19.1 Å². The number of benzene rings is 3. The van der Waals surface area contributed by atoms with Crippen LogP contribution in [0.4, 0.5) is 10.5 Å². The average molecular weight is 438 g/mol. The molecule has 3 amide bonds. The van der Waals surface area contributed by atoms with Gasteiger partial charge in [0.2, 0.25) is 0 Å². The standard InChI is InChI=1S/C23H23N3O4S/c1-29-17-13-14-19(20(15-17)30-2)24-23(28)26-25-22(27)21(16-9-5-3-6-10-16)31-18-11-7-4-8-12-18/h3-15,21H,1-2H3,(H,25,27)(H2,24,26,28)/t21-/m0/s1. The topological polar surface area (TPSA) is 88.7 Å². The van der Waals surface area contributed by atoms with Gasteiger partial charge in [-0.05, 0) is 29.8 Å². The van der Waals surface area contributed by atoms with Gasteiger partial charge in [-0.15, -0.1) is 11.8 Å². The lowest BCUT2D eigenvalue weighted by atomic mass is 10.1. The van der Waals surface area contributed by atoms with Crippen molar-refractivity contribution in [1.82, 2.24) is 10.9 Å². The van der Waals surface area contributed by atoms with Crippen LogP contribution in [-0.2, 0) is 4.79 Å². The Kier molecular flexibility index (Phi) is 7.78. The first-order chi connectivity index (χ1) is 15.1. The van der Waals surface area contributed by atoms with Crippen molar-refractivity contribution in [3.8, 4) is 11.5 Å². The molecule has 0 aromatic heterocycles. The predicted molar refractivity (Wildman–Crippen MR) is 121 cm³/mol. The Labute approximate surface area is 185 Å². The van der Waals surface area contributed by atoms with Gasteiger partial charge in [0.05, 0.1) is 19.9 Å². The maximum atomic E-state index is 12.9. The second-order valence-electron chi connectivity index (χ2n) is 6.36. The number of thioether (sulfide) groups is 1. The third-order valence-electron chi connectivity index (χ3n) is 4.29. The Morgan fingerprint density at radius 1 is 0.839 bits per heavy atom. The van der Waals surface area contributed by atoms with Crippen LogP contribution in [0.15, 0.2) is 83.8 Å². The van der Waals surface area contributed by atoms with E-state index in [1.54, 1.807) is 25.3 Å². The number of hydrogen-bond acceptors (Lipinski definition) is 5. The summed E-state index contributed by atoms with van der Waals surface area (Å²) in [6.07, 6.45) is 0. The predicted octanol–water partition coefficient (Wildman–Crippen LogP) is 4.39. The fraction of sp³-hybridized carbons (Fsp3) is 0.130. The molecule has 7 nitrogen and oxygen atoms in total. The number of nitrogens with one attached hydrogen (secondary N) is 3. The highest BCUT2D eigenvalue weighted by Gasteiger charge is 2.22. The Balaban J connectivity index is 1.66. The molecule has 8 heteroatoms. The van der Waals surface area contributed by atoms with Crippen LogP contribution >= 0.6 is 11.8 Å². The van der Waals surface area contributed by atoms with E-state index in [1.165, 1.54) is 18.9 Å². The molecule has 0 unspecified atom stereocenters. The van der Waals surface area contributed by atoms with Gasteiger partial charge >= 0.3 is 6.03 Å². The molecule has 0 aliphatic rings. The van der Waals surface area contributed by atoms with Gasteiger partial charge in [0.25, 0.3) is 5.91 Å². The van der Waals surface area contributed by atoms with Crippen molar-refractivity contribution in [3.05, 3.63) is 84.4 Å². The lowest BCUT2D eigenvalue weighted by molar-refractivity contribution is -0.121. The van der Waals surface area contributed by atoms with Gasteiger partial charge in [0.15, 0.2) is 0 Å². The van der Waals surface area contributed by atoms with E-state index in [4.69, 9.17) is 9.47 Å². The number of carbonyl (C=O) groups is 2. The first-order valence-corrected chi connectivity index (χ1v) is 10.3. The zero-order valence-electron chi connectivity index (χ0n) is 17.1. The molecule has 0 saturated carbocycles. The molecule has 1 atom stereocenters. The number of rotatable bonds is 7. The number of anilines is 1. The fourth-order valence-corrected chi connectivity index (χ4v) is 3.82. The molecule has 0 aliphatic carbocycles. The highest BCUT2D eigenvalue weighted by molar-refractivity contribution is 8.00. The summed E-state index contributed by atoms with van der Waals surface area (Å²) in [5.41, 5.74) is 6.16. The van der Waals surface area contributed by atoms with Gasteiger partial charge in [0.1, 0.15) is 16.7 Å². The molecule has 0 bridgehead atoms. The van der Waals surface area contributed by atoms with E-state index in [0.29, 0.717) is 17.2 Å². The quantitative estimate of drug-likeness (QED) is 0.377. The first kappa shape index (κ1) is 22.0. The van der Waals surface area contributed by atoms with Crippen molar-refractivity contribution in [2.45, 2.75) is 10.1 Å². The van der Waals surface area contributed by atoms with Gasteiger partial charge < -0.3 is 14.8 Å². The molecule has 3 N–H and O–H groups in total. The number of hydrogen-bond donors (Lipinski definition) is 3. The molecule has 0 aliphatic heterocycles. The van der Waals surface area contributed by atoms with Crippen molar-refractivity contribution >= 4 is 29.4 Å². The third kappa shape index (κ3) is 6.16. The largest absolute Gasteiger partial charge is 0.497 e. The maximum Gasteiger partial charge on any atom is 0.338 e. The number of urea groups is 1. The normalized spacial score (nSPS) is 11.2. The van der Waals surface area contributed by atoms with Gasteiger partial charge in [0, 0.05) is 11.0 Å². The summed E-state index contributed by atoms with van der Waals surface area (Å²) in [7, 11) is 3.03. The van der Waals surface area contributed by atoms with E-state index in [-0.39, 0.29) is 5.91 Å². The number of hydrazine groups is 1. The fourth-order valence-electron chi connectivity index (χ4n) is 2.78. The van der Waals surface area contributed by atoms with Crippen molar-refractivity contribution in [3.63, 3.8) is 0 Å². The SMILES string of the molecule is COc1ccc(NC(=O)NNC(=O)[C@@H](Sc2ccccc2)c2ccccc2)c(OC)c1. The van der Waals surface area contributed by atoms with Crippen molar-refractivity contribution in [2.75, 3.05) is 19.5 Å². The number of ether oxygens (including phenoxy) is 2. The van der Waals surface area contributed by atoms with E-state index in [1.807, 2.05) is 60.7 Å². The summed E-state index contributed by atoms with van der Waals surface area (Å²) < 4.78 is 10.4. The van der Waals surface area contributed by atoms with Crippen LogP contribution in [0.5, 0.6) is 11.5 Å². The van der Waals surface area contributed by atoms with Crippen LogP contribution in [0.1, 0.15) is 10.8 Å². The summed E-state index contributed by atoms with van der Waals surface area (Å²) >= 11 is 1.40. The molecular formula is C23H23N3O4S. The maximum absolute atomic E-state index is 12.9. The highest BCUT2D eigenvalue weighted by Crippen LogP contribution is 2.35. The summed E-state index contributed by atoms with van der Waals surface area (Å²) in [5.74, 6) is 0.680. The zero-order valence-corrected chi connectivity index (χ0v) is 17.9. The van der Waals surface area contributed by atoms with E-state index in [2.05, 4.69) is 16.2 Å². The number of methoxy groups -OCH3 is 2. The minimum Gasteiger partial charge on any atom is -0.497 e. The Hall–Kier alpha value is -3.65. The minimum atomic E-state index is -0.603. The minimum absolute atomic E-state index is 0.350.